The summed E-state index contributed by atoms with van der Waals surface area (Å²) in [5.74, 6) is 1.05. The molecule has 0 aliphatic carbocycles. The number of nitriles is 1. The van der Waals surface area contributed by atoms with E-state index in [1.165, 1.54) is 25.0 Å². The average Bonchev–Trinajstić information content (AvgIpc) is 3.12. The maximum absolute atomic E-state index is 12.8. The molecule has 0 radical (unpaired) electrons. The number of benzene rings is 2. The van der Waals surface area contributed by atoms with Crippen molar-refractivity contribution in [3.63, 3.8) is 0 Å². The maximum Gasteiger partial charge on any atom is 0.240 e. The fourth-order valence-electron chi connectivity index (χ4n) is 3.33. The van der Waals surface area contributed by atoms with E-state index in [0.29, 0.717) is 41.2 Å². The van der Waals surface area contributed by atoms with Gasteiger partial charge in [-0.2, -0.15) is 10.4 Å². The van der Waals surface area contributed by atoms with E-state index >= 15 is 0 Å². The van der Waals surface area contributed by atoms with E-state index in [2.05, 4.69) is 15.9 Å². The number of nitrogen functional groups attached to an aromatic ring is 1. The van der Waals surface area contributed by atoms with Gasteiger partial charge in [-0.25, -0.2) is 17.8 Å². The number of aryl methyl sites for hydroxylation is 2. The lowest BCUT2D eigenvalue weighted by Gasteiger charge is -2.13. The molecule has 3 N–H and O–H groups in total. The van der Waals surface area contributed by atoms with Crippen molar-refractivity contribution in [2.75, 3.05) is 26.5 Å². The molecule has 0 fully saturated rings. The molecule has 3 aromatic rings. The van der Waals surface area contributed by atoms with Crippen LogP contribution in [0.15, 0.2) is 47.4 Å². The Morgan fingerprint density at radius 3 is 2.44 bits per heavy atom. The summed E-state index contributed by atoms with van der Waals surface area (Å²) in [7, 11) is -0.826. The smallest absolute Gasteiger partial charge is 0.240 e. The van der Waals surface area contributed by atoms with Gasteiger partial charge in [-0.15, -0.1) is 0 Å². The van der Waals surface area contributed by atoms with Crippen molar-refractivity contribution >= 4 is 15.8 Å². The predicted molar refractivity (Wildman–Crippen MR) is 120 cm³/mol. The molecule has 3 rings (SSSR count). The quantitative estimate of drug-likeness (QED) is 0.474. The average molecular weight is 456 g/mol. The topological polar surface area (TPSA) is 132 Å². The molecule has 0 saturated carbocycles. The van der Waals surface area contributed by atoms with E-state index in [4.69, 9.17) is 15.2 Å². The molecule has 0 amide bonds. The van der Waals surface area contributed by atoms with Gasteiger partial charge < -0.3 is 15.2 Å². The second-order valence-corrected chi connectivity index (χ2v) is 8.78. The van der Waals surface area contributed by atoms with Crippen LogP contribution in [0.5, 0.6) is 11.5 Å². The van der Waals surface area contributed by atoms with E-state index in [1.54, 1.807) is 13.0 Å². The van der Waals surface area contributed by atoms with Crippen LogP contribution in [-0.4, -0.2) is 39.0 Å². The van der Waals surface area contributed by atoms with Gasteiger partial charge in [-0.1, -0.05) is 18.2 Å². The first kappa shape index (κ1) is 23.1. The highest BCUT2D eigenvalue weighted by Gasteiger charge is 2.21. The van der Waals surface area contributed by atoms with E-state index in [-0.39, 0.29) is 17.3 Å². The number of para-hydroxylation sites is 1. The molecule has 1 heterocycles. The van der Waals surface area contributed by atoms with Crippen LogP contribution in [-0.2, 0) is 16.4 Å². The van der Waals surface area contributed by atoms with Gasteiger partial charge in [0.05, 0.1) is 30.5 Å². The number of nitrogens with one attached hydrogen (secondary N) is 1. The van der Waals surface area contributed by atoms with Crippen LogP contribution in [0.25, 0.3) is 5.69 Å². The SMILES string of the molecule is COc1cc(C)c(S(=O)(=O)NCCCc2nn(-c3ccccc3)c(N)c2C#N)cc1OC. The second-order valence-electron chi connectivity index (χ2n) is 7.04. The Kier molecular flexibility index (Phi) is 7.02. The van der Waals surface area contributed by atoms with Crippen LogP contribution in [0.3, 0.4) is 0 Å². The zero-order valence-corrected chi connectivity index (χ0v) is 18.9. The number of rotatable bonds is 9. The Bertz CT molecular complexity index is 1250. The lowest BCUT2D eigenvalue weighted by Crippen LogP contribution is -2.26. The van der Waals surface area contributed by atoms with Crippen molar-refractivity contribution in [2.45, 2.75) is 24.7 Å². The third-order valence-electron chi connectivity index (χ3n) is 4.96. The van der Waals surface area contributed by atoms with E-state index in [9.17, 15) is 13.7 Å². The minimum absolute atomic E-state index is 0.116. The van der Waals surface area contributed by atoms with Crippen molar-refractivity contribution < 1.29 is 17.9 Å². The van der Waals surface area contributed by atoms with Crippen LogP contribution < -0.4 is 19.9 Å². The van der Waals surface area contributed by atoms with Gasteiger partial charge in [-0.05, 0) is 43.5 Å². The van der Waals surface area contributed by atoms with Gasteiger partial charge in [0.25, 0.3) is 0 Å². The van der Waals surface area contributed by atoms with E-state index in [0.717, 1.165) is 5.69 Å². The number of sulfonamides is 1. The van der Waals surface area contributed by atoms with Crippen LogP contribution in [0.4, 0.5) is 5.82 Å². The lowest BCUT2D eigenvalue weighted by atomic mass is 10.1. The zero-order valence-electron chi connectivity index (χ0n) is 18.1. The minimum Gasteiger partial charge on any atom is -0.493 e. The first-order valence-electron chi connectivity index (χ1n) is 9.87. The fraction of sp³-hybridized carbons (Fsp3) is 0.273. The molecule has 0 aliphatic rings. The number of hydrogen-bond donors (Lipinski definition) is 2. The number of aromatic nitrogens is 2. The van der Waals surface area contributed by atoms with Gasteiger partial charge >= 0.3 is 0 Å². The summed E-state index contributed by atoms with van der Waals surface area (Å²) in [6, 6.07) is 14.4. The van der Waals surface area contributed by atoms with Gasteiger partial charge in [-0.3, -0.25) is 0 Å². The molecule has 0 atom stereocenters. The summed E-state index contributed by atoms with van der Waals surface area (Å²) in [5.41, 5.74) is 8.22. The molecule has 0 bridgehead atoms. The third kappa shape index (κ3) is 4.69. The monoisotopic (exact) mass is 455 g/mol. The summed E-state index contributed by atoms with van der Waals surface area (Å²) >= 11 is 0. The number of nitrogens with zero attached hydrogens (tertiary/aromatic N) is 3. The fourth-order valence-corrected chi connectivity index (χ4v) is 4.65. The molecule has 168 valence electrons. The van der Waals surface area contributed by atoms with Crippen molar-refractivity contribution in [1.29, 1.82) is 5.26 Å². The number of anilines is 1. The van der Waals surface area contributed by atoms with Crippen molar-refractivity contribution in [1.82, 2.24) is 14.5 Å². The molecular formula is C22H25N5O4S. The largest absolute Gasteiger partial charge is 0.493 e. The molecule has 32 heavy (non-hydrogen) atoms. The molecule has 9 nitrogen and oxygen atoms in total. The van der Waals surface area contributed by atoms with E-state index in [1.807, 2.05) is 30.3 Å². The van der Waals surface area contributed by atoms with Crippen molar-refractivity contribution in [2.24, 2.45) is 0 Å². The summed E-state index contributed by atoms with van der Waals surface area (Å²) in [4.78, 5) is 0.116. The molecule has 0 unspecified atom stereocenters. The van der Waals surface area contributed by atoms with E-state index < -0.39 is 10.0 Å². The number of nitrogens with two attached hydrogens (primary N) is 1. The van der Waals surface area contributed by atoms with Gasteiger partial charge in [0.15, 0.2) is 11.5 Å². The standard InChI is InChI=1S/C22H25N5O4S/c1-15-12-19(30-2)20(31-3)13-21(15)32(28,29)25-11-7-10-18-17(14-23)22(24)27(26-18)16-8-5-4-6-9-16/h4-6,8-9,12-13,25H,7,10-11,24H2,1-3H3. The summed E-state index contributed by atoms with van der Waals surface area (Å²) in [6.45, 7) is 1.85. The van der Waals surface area contributed by atoms with Crippen molar-refractivity contribution in [3.05, 3.63) is 59.3 Å². The molecule has 2 aromatic carbocycles. The summed E-state index contributed by atoms with van der Waals surface area (Å²) in [6.07, 6.45) is 0.825. The Labute approximate surface area is 187 Å². The highest BCUT2D eigenvalue weighted by Crippen LogP contribution is 2.32. The Morgan fingerprint density at radius 1 is 1.16 bits per heavy atom. The van der Waals surface area contributed by atoms with Gasteiger partial charge in [0, 0.05) is 12.6 Å². The highest BCUT2D eigenvalue weighted by atomic mass is 32.2. The molecular weight excluding hydrogens is 430 g/mol. The van der Waals surface area contributed by atoms with Crippen LogP contribution in [0.1, 0.15) is 23.2 Å². The zero-order chi connectivity index (χ0) is 23.3. The molecule has 1 aromatic heterocycles. The predicted octanol–water partition coefficient (Wildman–Crippen LogP) is 2.56. The number of hydrogen-bond acceptors (Lipinski definition) is 7. The summed E-state index contributed by atoms with van der Waals surface area (Å²) in [5, 5.41) is 14.0. The molecule has 0 saturated heterocycles. The minimum atomic E-state index is -3.77. The third-order valence-corrected chi connectivity index (χ3v) is 6.56. The molecule has 0 aliphatic heterocycles. The first-order chi connectivity index (χ1) is 15.3. The van der Waals surface area contributed by atoms with Crippen LogP contribution in [0.2, 0.25) is 0 Å². The maximum atomic E-state index is 12.8. The van der Waals surface area contributed by atoms with Crippen LogP contribution >= 0.6 is 0 Å². The van der Waals surface area contributed by atoms with Gasteiger partial charge in [0.1, 0.15) is 17.5 Å². The highest BCUT2D eigenvalue weighted by molar-refractivity contribution is 7.89. The Hall–Kier alpha value is -3.55. The molecule has 10 heteroatoms. The Morgan fingerprint density at radius 2 is 1.81 bits per heavy atom. The van der Waals surface area contributed by atoms with Crippen LogP contribution in [0, 0.1) is 18.3 Å². The second kappa shape index (κ2) is 9.72. The normalized spacial score (nSPS) is 11.2. The first-order valence-corrected chi connectivity index (χ1v) is 11.4. The Balaban J connectivity index is 1.71. The summed E-state index contributed by atoms with van der Waals surface area (Å²) < 4.78 is 40.1. The van der Waals surface area contributed by atoms with Crippen molar-refractivity contribution in [3.8, 4) is 23.3 Å². The lowest BCUT2D eigenvalue weighted by molar-refractivity contribution is 0.353. The van der Waals surface area contributed by atoms with Gasteiger partial charge in [0.2, 0.25) is 10.0 Å². The molecule has 0 spiro atoms. The number of methoxy groups -OCH3 is 2. The number of ether oxygens (including phenoxy) is 2.